The Kier molecular flexibility index (Phi) is 6.45. The minimum absolute atomic E-state index is 1.40. The van der Waals surface area contributed by atoms with Gasteiger partial charge in [0.15, 0.2) is 4.31 Å². The van der Waals surface area contributed by atoms with Crippen molar-refractivity contribution in [2.75, 3.05) is 0 Å². The summed E-state index contributed by atoms with van der Waals surface area (Å²) < 4.78 is 26.4. The van der Waals surface area contributed by atoms with Crippen molar-refractivity contribution in [3.63, 3.8) is 0 Å². The van der Waals surface area contributed by atoms with E-state index in [0.717, 1.165) is 0 Å². The largest absolute Gasteiger partial charge is 0.745 e. The van der Waals surface area contributed by atoms with Gasteiger partial charge in [-0.2, -0.15) is 0 Å². The average molecular weight is 214 g/mol. The predicted molar refractivity (Wildman–Crippen MR) is 35.0 cm³/mol. The first-order valence-corrected chi connectivity index (χ1v) is 4.60. The molecule has 0 aliphatic heterocycles. The van der Waals surface area contributed by atoms with Crippen molar-refractivity contribution in [2.45, 2.75) is 0 Å². The molecule has 12 heavy (non-hydrogen) atoms. The zero-order valence-corrected chi connectivity index (χ0v) is 7.26. The fourth-order valence-corrected chi connectivity index (χ4v) is 0.674. The second-order valence-corrected chi connectivity index (χ2v) is 2.75. The van der Waals surface area contributed by atoms with Crippen LogP contribution in [0.25, 0.3) is 0 Å². The summed E-state index contributed by atoms with van der Waals surface area (Å²) in [4.78, 5) is 15.3. The maximum absolute atomic E-state index is 9.39. The molecule has 1 aromatic heterocycles. The molecule has 1 aromatic rings. The maximum atomic E-state index is 9.39. The lowest BCUT2D eigenvalue weighted by Crippen LogP contribution is -1.58. The van der Waals surface area contributed by atoms with Crippen LogP contribution in [0, 0.1) is 0 Å². The molecule has 66 valence electrons. The van der Waals surface area contributed by atoms with E-state index in [1.807, 2.05) is 0 Å². The highest BCUT2D eigenvalue weighted by molar-refractivity contribution is 7.46. The van der Waals surface area contributed by atoms with E-state index in [4.69, 9.17) is 9.79 Å². The van der Waals surface area contributed by atoms with Gasteiger partial charge in [0.25, 0.3) is 0 Å². The van der Waals surface area contributed by atoms with Crippen LogP contribution in [-0.2, 0) is 13.4 Å². The first kappa shape index (κ1) is 11.2. The SMILES string of the molecule is O=[P+](O)O[P+](=O)O.c1conn1. The third-order valence-corrected chi connectivity index (χ3v) is 1.54. The molecule has 2 N–H and O–H groups in total. The average Bonchev–Trinajstić information content (AvgIpc) is 2.36. The zero-order chi connectivity index (χ0) is 9.40. The molecule has 2 unspecified atom stereocenters. The molecule has 0 fully saturated rings. The van der Waals surface area contributed by atoms with Crippen molar-refractivity contribution >= 4 is 16.5 Å². The van der Waals surface area contributed by atoms with E-state index in [1.165, 1.54) is 12.5 Å². The summed E-state index contributed by atoms with van der Waals surface area (Å²) in [5, 5.41) is 6.40. The number of rotatable bonds is 2. The van der Waals surface area contributed by atoms with E-state index in [1.54, 1.807) is 0 Å². The molecule has 8 nitrogen and oxygen atoms in total. The van der Waals surface area contributed by atoms with Crippen LogP contribution >= 0.6 is 16.5 Å². The second kappa shape index (κ2) is 6.90. The molecule has 0 spiro atoms. The molecule has 0 radical (unpaired) electrons. The first-order chi connectivity index (χ1) is 5.63. The van der Waals surface area contributed by atoms with Gasteiger partial charge in [-0.3, -0.25) is 0 Å². The molecular weight excluding hydrogens is 210 g/mol. The Bertz CT molecular complexity index is 206. The lowest BCUT2D eigenvalue weighted by Gasteiger charge is -1.50. The van der Waals surface area contributed by atoms with Crippen molar-refractivity contribution in [1.29, 1.82) is 0 Å². The third kappa shape index (κ3) is 9.22. The Morgan fingerprint density at radius 2 is 1.92 bits per heavy atom. The van der Waals surface area contributed by atoms with Crippen molar-refractivity contribution in [3.05, 3.63) is 12.5 Å². The van der Waals surface area contributed by atoms with Crippen molar-refractivity contribution in [1.82, 2.24) is 10.4 Å². The van der Waals surface area contributed by atoms with Gasteiger partial charge in [0.1, 0.15) is 6.26 Å². The Morgan fingerprint density at radius 3 is 2.00 bits per heavy atom. The summed E-state index contributed by atoms with van der Waals surface area (Å²) in [7, 11) is -5.85. The van der Waals surface area contributed by atoms with Gasteiger partial charge in [0.05, 0.1) is 6.20 Å². The molecule has 0 aliphatic carbocycles. The maximum Gasteiger partial charge on any atom is 0.745 e. The molecule has 10 heteroatoms. The van der Waals surface area contributed by atoms with E-state index in [9.17, 15) is 9.13 Å². The fraction of sp³-hybridized carbons (Fsp3) is 0. The van der Waals surface area contributed by atoms with Crippen LogP contribution in [0.3, 0.4) is 0 Å². The topological polar surface area (TPSA) is 123 Å². The van der Waals surface area contributed by atoms with Crippen LogP contribution in [0.2, 0.25) is 0 Å². The van der Waals surface area contributed by atoms with Crippen molar-refractivity contribution < 1.29 is 27.8 Å². The van der Waals surface area contributed by atoms with Crippen molar-refractivity contribution in [2.24, 2.45) is 0 Å². The molecule has 0 aliphatic rings. The van der Waals surface area contributed by atoms with Crippen LogP contribution in [0.5, 0.6) is 0 Å². The third-order valence-electron chi connectivity index (χ3n) is 0.422. The summed E-state index contributed by atoms with van der Waals surface area (Å²) in [6, 6.07) is 0. The summed E-state index contributed by atoms with van der Waals surface area (Å²) in [6.07, 6.45) is 2.88. The van der Waals surface area contributed by atoms with Gasteiger partial charge in [-0.05, 0) is 0 Å². The van der Waals surface area contributed by atoms with Gasteiger partial charge < -0.3 is 4.52 Å². The fourth-order valence-electron chi connectivity index (χ4n) is 0.196. The van der Waals surface area contributed by atoms with E-state index in [2.05, 4.69) is 19.2 Å². The number of hydrogen-bond donors (Lipinski definition) is 2. The van der Waals surface area contributed by atoms with Crippen LogP contribution in [0.15, 0.2) is 17.0 Å². The number of nitrogens with zero attached hydrogens (tertiary/aromatic N) is 2. The van der Waals surface area contributed by atoms with E-state index in [-0.39, 0.29) is 0 Å². The Morgan fingerprint density at radius 1 is 1.33 bits per heavy atom. The van der Waals surface area contributed by atoms with Crippen LogP contribution < -0.4 is 0 Å². The highest BCUT2D eigenvalue weighted by Gasteiger charge is 2.31. The van der Waals surface area contributed by atoms with Crippen LogP contribution in [-0.4, -0.2) is 20.2 Å². The van der Waals surface area contributed by atoms with Crippen LogP contribution in [0.1, 0.15) is 0 Å². The minimum atomic E-state index is -2.92. The summed E-state index contributed by atoms with van der Waals surface area (Å²) in [5.41, 5.74) is 0. The number of hydrogen-bond acceptors (Lipinski definition) is 6. The smallest absolute Gasteiger partial charge is 0.346 e. The highest BCUT2D eigenvalue weighted by Crippen LogP contribution is 2.30. The summed E-state index contributed by atoms with van der Waals surface area (Å²) in [5.74, 6) is 0. The zero-order valence-electron chi connectivity index (χ0n) is 5.47. The van der Waals surface area contributed by atoms with Gasteiger partial charge >= 0.3 is 16.5 Å². The normalized spacial score (nSPS) is 11.2. The van der Waals surface area contributed by atoms with Gasteiger partial charge in [-0.15, -0.1) is 14.9 Å². The molecule has 1 rings (SSSR count). The van der Waals surface area contributed by atoms with Gasteiger partial charge in [0, 0.05) is 14.4 Å². The van der Waals surface area contributed by atoms with Gasteiger partial charge in [-0.1, -0.05) is 0 Å². The Labute approximate surface area is 68.0 Å². The van der Waals surface area contributed by atoms with E-state index in [0.29, 0.717) is 0 Å². The standard InChI is InChI=1S/C2H2N2O.O5P2/c1-2-5-4-3-1;1-6(2)5-7(3)4/h1-2H;/p+2. The molecular formula is C2H4N2O6P2+2. The predicted octanol–water partition coefficient (Wildman–Crippen LogP) is 0.372. The molecule has 0 saturated carbocycles. The monoisotopic (exact) mass is 214 g/mol. The number of aromatic nitrogens is 2. The molecule has 0 bridgehead atoms. The van der Waals surface area contributed by atoms with Crippen LogP contribution in [0.4, 0.5) is 0 Å². The van der Waals surface area contributed by atoms with E-state index >= 15 is 0 Å². The Balaban J connectivity index is 0.000000211. The summed E-state index contributed by atoms with van der Waals surface area (Å²) in [6.45, 7) is 0. The molecule has 2 atom stereocenters. The molecule has 0 saturated heterocycles. The van der Waals surface area contributed by atoms with E-state index < -0.39 is 16.5 Å². The molecule has 0 aromatic carbocycles. The lowest BCUT2D eigenvalue weighted by atomic mass is 11.0. The lowest BCUT2D eigenvalue weighted by molar-refractivity contribution is 0.371. The van der Waals surface area contributed by atoms with Crippen molar-refractivity contribution in [3.8, 4) is 0 Å². The highest BCUT2D eigenvalue weighted by atomic mass is 31.2. The van der Waals surface area contributed by atoms with Gasteiger partial charge in [0.2, 0.25) is 0 Å². The van der Waals surface area contributed by atoms with Gasteiger partial charge in [-0.25, -0.2) is 0 Å². The second-order valence-electron chi connectivity index (χ2n) is 1.15. The Hall–Kier alpha value is -0.780. The first-order valence-electron chi connectivity index (χ1n) is 2.34. The molecule has 1 heterocycles. The molecule has 0 amide bonds. The summed E-state index contributed by atoms with van der Waals surface area (Å²) >= 11 is 0. The quantitative estimate of drug-likeness (QED) is 0.676. The minimum Gasteiger partial charge on any atom is -0.346 e.